The molecule has 0 heterocycles. The van der Waals surface area contributed by atoms with E-state index in [2.05, 4.69) is 5.32 Å². The van der Waals surface area contributed by atoms with E-state index in [-0.39, 0.29) is 25.5 Å². The summed E-state index contributed by atoms with van der Waals surface area (Å²) < 4.78 is 5.45. The van der Waals surface area contributed by atoms with Crippen LogP contribution in [-0.2, 0) is 9.59 Å². The molecule has 0 radical (unpaired) electrons. The molecule has 3 N–H and O–H groups in total. The maximum Gasteiger partial charge on any atom is 0.337 e. The smallest absolute Gasteiger partial charge is 0.337 e. The Bertz CT molecular complexity index is 484. The van der Waals surface area contributed by atoms with E-state index in [4.69, 9.17) is 9.84 Å². The van der Waals surface area contributed by atoms with Gasteiger partial charge in [0, 0.05) is 0 Å². The number of rotatable bonds is 7. The van der Waals surface area contributed by atoms with Gasteiger partial charge in [-0.1, -0.05) is 18.2 Å². The molecular weight excluding hydrogens is 262 g/mol. The number of carboxylic acids is 1. The summed E-state index contributed by atoms with van der Waals surface area (Å²) in [6, 6.07) is 7.44. The van der Waals surface area contributed by atoms with Crippen LogP contribution in [0, 0.1) is 6.92 Å². The van der Waals surface area contributed by atoms with E-state index in [0.717, 1.165) is 12.5 Å². The third-order valence-corrected chi connectivity index (χ3v) is 2.77. The van der Waals surface area contributed by atoms with Gasteiger partial charge in [0.25, 0.3) is 0 Å². The molecule has 1 aromatic rings. The molecule has 0 fully saturated rings. The van der Waals surface area contributed by atoms with Crippen molar-refractivity contribution in [2.24, 2.45) is 0 Å². The van der Waals surface area contributed by atoms with Crippen molar-refractivity contribution in [1.29, 1.82) is 0 Å². The van der Waals surface area contributed by atoms with Crippen LogP contribution in [0.2, 0.25) is 0 Å². The van der Waals surface area contributed by atoms with Gasteiger partial charge in [-0.3, -0.25) is 4.79 Å². The lowest BCUT2D eigenvalue weighted by Gasteiger charge is -2.18. The molecule has 0 spiro atoms. The number of carbonyl (C=O) groups is 2. The first-order valence-electron chi connectivity index (χ1n) is 6.24. The highest BCUT2D eigenvalue weighted by atomic mass is 16.5. The Balaban J connectivity index is 2.31. The zero-order valence-electron chi connectivity index (χ0n) is 11.5. The van der Waals surface area contributed by atoms with E-state index in [1.807, 2.05) is 31.2 Å². The molecule has 110 valence electrons. The molecule has 0 bridgehead atoms. The Kier molecular flexibility index (Phi) is 5.52. The molecule has 20 heavy (non-hydrogen) atoms. The van der Waals surface area contributed by atoms with E-state index >= 15 is 0 Å². The van der Waals surface area contributed by atoms with Gasteiger partial charge < -0.3 is 20.3 Å². The van der Waals surface area contributed by atoms with Gasteiger partial charge in [-0.2, -0.15) is 0 Å². The highest BCUT2D eigenvalue weighted by Crippen LogP contribution is 2.16. The van der Waals surface area contributed by atoms with Crippen molar-refractivity contribution in [1.82, 2.24) is 5.32 Å². The second kappa shape index (κ2) is 6.91. The minimum Gasteiger partial charge on any atom is -0.493 e. The van der Waals surface area contributed by atoms with Gasteiger partial charge in [0.2, 0.25) is 5.91 Å². The number of hydrogen-bond donors (Lipinski definition) is 3. The van der Waals surface area contributed by atoms with E-state index in [1.54, 1.807) is 0 Å². The molecule has 1 amide bonds. The predicted molar refractivity (Wildman–Crippen MR) is 72.6 cm³/mol. The standard InChI is InChI=1S/C14H19NO5/c1-10-5-3-4-6-11(10)20-8-7-12(16)15-9-14(2,19)13(17)18/h3-6,19H,7-9H2,1-2H3,(H,15,16)(H,17,18). The average molecular weight is 281 g/mol. The van der Waals surface area contributed by atoms with E-state index in [0.29, 0.717) is 5.75 Å². The number of carbonyl (C=O) groups excluding carboxylic acids is 1. The molecule has 1 unspecified atom stereocenters. The fourth-order valence-corrected chi connectivity index (χ4v) is 1.41. The molecule has 1 rings (SSSR count). The van der Waals surface area contributed by atoms with E-state index in [1.165, 1.54) is 0 Å². The van der Waals surface area contributed by atoms with Crippen LogP contribution in [0.15, 0.2) is 24.3 Å². The number of carboxylic acid groups (broad SMARTS) is 1. The fourth-order valence-electron chi connectivity index (χ4n) is 1.41. The van der Waals surface area contributed by atoms with Gasteiger partial charge >= 0.3 is 5.97 Å². The van der Waals surface area contributed by atoms with Crippen LogP contribution < -0.4 is 10.1 Å². The van der Waals surface area contributed by atoms with E-state index in [9.17, 15) is 14.7 Å². The van der Waals surface area contributed by atoms with Gasteiger partial charge in [-0.25, -0.2) is 4.79 Å². The molecule has 0 aromatic heterocycles. The monoisotopic (exact) mass is 281 g/mol. The van der Waals surface area contributed by atoms with Crippen molar-refractivity contribution in [3.05, 3.63) is 29.8 Å². The van der Waals surface area contributed by atoms with Gasteiger partial charge in [0.15, 0.2) is 5.60 Å². The Morgan fingerprint density at radius 3 is 2.60 bits per heavy atom. The van der Waals surface area contributed by atoms with Crippen LogP contribution in [0.25, 0.3) is 0 Å². The van der Waals surface area contributed by atoms with Gasteiger partial charge in [0.1, 0.15) is 5.75 Å². The third-order valence-electron chi connectivity index (χ3n) is 2.77. The zero-order valence-corrected chi connectivity index (χ0v) is 11.5. The lowest BCUT2D eigenvalue weighted by atomic mass is 10.1. The Morgan fingerprint density at radius 1 is 1.35 bits per heavy atom. The zero-order chi connectivity index (χ0) is 15.2. The number of benzene rings is 1. The lowest BCUT2D eigenvalue weighted by Crippen LogP contribution is -2.46. The van der Waals surface area contributed by atoms with Crippen LogP contribution >= 0.6 is 0 Å². The lowest BCUT2D eigenvalue weighted by molar-refractivity contribution is -0.156. The second-order valence-electron chi connectivity index (χ2n) is 4.72. The molecule has 6 heteroatoms. The first-order valence-corrected chi connectivity index (χ1v) is 6.24. The Labute approximate surface area is 117 Å². The van der Waals surface area contributed by atoms with Crippen LogP contribution in [0.5, 0.6) is 5.75 Å². The summed E-state index contributed by atoms with van der Waals surface area (Å²) in [4.78, 5) is 22.1. The Morgan fingerprint density at radius 2 is 2.00 bits per heavy atom. The van der Waals surface area contributed by atoms with Crippen LogP contribution in [0.3, 0.4) is 0 Å². The van der Waals surface area contributed by atoms with Crippen molar-refractivity contribution in [3.63, 3.8) is 0 Å². The number of nitrogens with one attached hydrogen (secondary N) is 1. The minimum absolute atomic E-state index is 0.0873. The number of aliphatic hydroxyl groups is 1. The van der Waals surface area contributed by atoms with Crippen molar-refractivity contribution >= 4 is 11.9 Å². The molecule has 0 aliphatic rings. The van der Waals surface area contributed by atoms with Crippen molar-refractivity contribution in [2.75, 3.05) is 13.2 Å². The summed E-state index contributed by atoms with van der Waals surface area (Å²) in [6.45, 7) is 2.87. The topological polar surface area (TPSA) is 95.9 Å². The van der Waals surface area contributed by atoms with Crippen molar-refractivity contribution in [3.8, 4) is 5.75 Å². The van der Waals surface area contributed by atoms with Crippen molar-refractivity contribution < 1.29 is 24.5 Å². The molecule has 1 aromatic carbocycles. The quantitative estimate of drug-likeness (QED) is 0.684. The molecule has 0 aliphatic heterocycles. The predicted octanol–water partition coefficient (Wildman–Crippen LogP) is 0.716. The normalized spacial score (nSPS) is 13.3. The number of hydrogen-bond acceptors (Lipinski definition) is 4. The van der Waals surface area contributed by atoms with Gasteiger partial charge in [0.05, 0.1) is 19.6 Å². The minimum atomic E-state index is -1.97. The maximum atomic E-state index is 11.5. The summed E-state index contributed by atoms with van der Waals surface area (Å²) in [6.07, 6.45) is 0.0873. The summed E-state index contributed by atoms with van der Waals surface area (Å²) in [5, 5.41) is 20.5. The number of ether oxygens (including phenoxy) is 1. The number of para-hydroxylation sites is 1. The average Bonchev–Trinajstić information content (AvgIpc) is 2.38. The number of aliphatic carboxylic acids is 1. The molecular formula is C14H19NO5. The summed E-state index contributed by atoms with van der Waals surface area (Å²) in [7, 11) is 0. The Hall–Kier alpha value is -2.08. The largest absolute Gasteiger partial charge is 0.493 e. The van der Waals surface area contributed by atoms with Crippen LogP contribution in [0.1, 0.15) is 18.9 Å². The SMILES string of the molecule is Cc1ccccc1OCCC(=O)NCC(C)(O)C(=O)O. The highest BCUT2D eigenvalue weighted by Gasteiger charge is 2.30. The molecule has 6 nitrogen and oxygen atoms in total. The third kappa shape index (κ3) is 4.89. The fraction of sp³-hybridized carbons (Fsp3) is 0.429. The maximum absolute atomic E-state index is 11.5. The number of amides is 1. The highest BCUT2D eigenvalue weighted by molar-refractivity contribution is 5.80. The molecule has 0 aliphatic carbocycles. The van der Waals surface area contributed by atoms with Crippen LogP contribution in [0.4, 0.5) is 0 Å². The summed E-state index contributed by atoms with van der Waals surface area (Å²) in [5.74, 6) is -1.05. The van der Waals surface area contributed by atoms with E-state index < -0.39 is 11.6 Å². The molecule has 1 atom stereocenters. The second-order valence-corrected chi connectivity index (χ2v) is 4.72. The first kappa shape index (κ1) is 16.0. The number of aryl methyl sites for hydroxylation is 1. The van der Waals surface area contributed by atoms with Crippen molar-refractivity contribution in [2.45, 2.75) is 25.9 Å². The van der Waals surface area contributed by atoms with Crippen LogP contribution in [-0.4, -0.2) is 40.8 Å². The summed E-state index contributed by atoms with van der Waals surface area (Å²) in [5.41, 5.74) is -0.992. The summed E-state index contributed by atoms with van der Waals surface area (Å²) >= 11 is 0. The molecule has 0 saturated heterocycles. The van der Waals surface area contributed by atoms with Gasteiger partial charge in [-0.15, -0.1) is 0 Å². The molecule has 0 saturated carbocycles. The van der Waals surface area contributed by atoms with Gasteiger partial charge in [-0.05, 0) is 25.5 Å². The first-order chi connectivity index (χ1) is 9.33.